The van der Waals surface area contributed by atoms with Gasteiger partial charge in [0, 0.05) is 11.6 Å². The first-order valence-electron chi connectivity index (χ1n) is 8.45. The lowest BCUT2D eigenvalue weighted by atomic mass is 9.71. The molecule has 1 aromatic heterocycles. The maximum atomic E-state index is 12.3. The highest BCUT2D eigenvalue weighted by Gasteiger charge is 2.44. The lowest BCUT2D eigenvalue weighted by molar-refractivity contribution is -0.697. The number of sulfone groups is 1. The lowest BCUT2D eigenvalue weighted by Gasteiger charge is -2.35. The van der Waals surface area contributed by atoms with E-state index in [0.717, 1.165) is 36.2 Å². The molecule has 2 aliphatic rings. The smallest absolute Gasteiger partial charge is 0.216 e. The average Bonchev–Trinajstić information content (AvgIpc) is 2.87. The quantitative estimate of drug-likeness (QED) is 0.786. The summed E-state index contributed by atoms with van der Waals surface area (Å²) in [4.78, 5) is 0.332. The van der Waals surface area contributed by atoms with Gasteiger partial charge in [-0.1, -0.05) is 13.8 Å². The van der Waals surface area contributed by atoms with Gasteiger partial charge in [0.25, 0.3) is 0 Å². The zero-order valence-corrected chi connectivity index (χ0v) is 15.1. The van der Waals surface area contributed by atoms with E-state index in [1.807, 2.05) is 12.1 Å². The first-order valence-corrected chi connectivity index (χ1v) is 10.1. The molecule has 4 nitrogen and oxygen atoms in total. The van der Waals surface area contributed by atoms with Gasteiger partial charge >= 0.3 is 0 Å². The van der Waals surface area contributed by atoms with E-state index < -0.39 is 9.84 Å². The Labute approximate surface area is 143 Å². The van der Waals surface area contributed by atoms with Gasteiger partial charge in [-0.05, 0) is 43.5 Å². The zero-order chi connectivity index (χ0) is 17.1. The Morgan fingerprint density at radius 1 is 1.25 bits per heavy atom. The fraction of sp³-hybridized carbons (Fsp3) is 0.421. The van der Waals surface area contributed by atoms with Crippen molar-refractivity contribution in [3.63, 3.8) is 0 Å². The SMILES string of the molecule is CCC1(CC)C[n+]2cccc(C)c2-c2cc3c(cc21)OCS3(=O)=O. The van der Waals surface area contributed by atoms with E-state index in [1.165, 1.54) is 5.56 Å². The normalized spacial score (nSPS) is 19.1. The molecule has 2 aromatic rings. The highest BCUT2D eigenvalue weighted by molar-refractivity contribution is 7.91. The highest BCUT2D eigenvalue weighted by atomic mass is 32.2. The molecule has 0 aliphatic carbocycles. The van der Waals surface area contributed by atoms with Crippen molar-refractivity contribution in [1.82, 2.24) is 0 Å². The van der Waals surface area contributed by atoms with Crippen LogP contribution < -0.4 is 9.30 Å². The Morgan fingerprint density at radius 3 is 2.71 bits per heavy atom. The Kier molecular flexibility index (Phi) is 3.29. The fourth-order valence-corrected chi connectivity index (χ4v) is 5.32. The maximum absolute atomic E-state index is 12.3. The fourth-order valence-electron chi connectivity index (χ4n) is 4.19. The third-order valence-electron chi connectivity index (χ3n) is 5.71. The number of pyridine rings is 1. The molecule has 0 atom stereocenters. The van der Waals surface area contributed by atoms with Crippen molar-refractivity contribution in [2.24, 2.45) is 0 Å². The summed E-state index contributed by atoms with van der Waals surface area (Å²) in [5.41, 5.74) is 4.55. The molecule has 2 aliphatic heterocycles. The summed E-state index contributed by atoms with van der Waals surface area (Å²) < 4.78 is 32.4. The highest BCUT2D eigenvalue weighted by Crippen LogP contribution is 2.46. The summed E-state index contributed by atoms with van der Waals surface area (Å²) in [5.74, 6) is 0.270. The minimum atomic E-state index is -3.34. The molecule has 0 saturated heterocycles. The molecule has 1 aromatic carbocycles. The van der Waals surface area contributed by atoms with Crippen LogP contribution in [0.2, 0.25) is 0 Å². The monoisotopic (exact) mass is 344 g/mol. The largest absolute Gasteiger partial charge is 0.476 e. The Bertz CT molecular complexity index is 943. The van der Waals surface area contributed by atoms with Gasteiger partial charge in [0.05, 0.1) is 11.0 Å². The van der Waals surface area contributed by atoms with Crippen LogP contribution in [0.25, 0.3) is 11.3 Å². The van der Waals surface area contributed by atoms with E-state index in [0.29, 0.717) is 10.6 Å². The molecule has 5 heteroatoms. The minimum absolute atomic E-state index is 0.00549. The number of nitrogens with zero attached hydrogens (tertiary/aromatic N) is 1. The molecule has 126 valence electrons. The summed E-state index contributed by atoms with van der Waals surface area (Å²) in [6.07, 6.45) is 4.11. The standard InChI is InChI=1S/C19H22NO3S/c1-4-19(5-2)11-20-8-6-7-13(3)18(20)14-9-17-16(10-15(14)19)23-12-24(17,21)22/h6-10H,4-5,11-12H2,1-3H3/q+1. The predicted molar refractivity (Wildman–Crippen MR) is 91.8 cm³/mol. The van der Waals surface area contributed by atoms with Crippen LogP contribution in [0, 0.1) is 6.92 Å². The summed E-state index contributed by atoms with van der Waals surface area (Å²) in [7, 11) is -3.34. The van der Waals surface area contributed by atoms with Crippen molar-refractivity contribution in [3.8, 4) is 17.0 Å². The van der Waals surface area contributed by atoms with Crippen LogP contribution in [0.4, 0.5) is 0 Å². The molecule has 0 radical (unpaired) electrons. The lowest BCUT2D eigenvalue weighted by Crippen LogP contribution is -2.51. The van der Waals surface area contributed by atoms with E-state index in [-0.39, 0.29) is 11.4 Å². The van der Waals surface area contributed by atoms with Gasteiger partial charge in [0.2, 0.25) is 15.5 Å². The van der Waals surface area contributed by atoms with Gasteiger partial charge in [-0.25, -0.2) is 8.42 Å². The molecule has 0 saturated carbocycles. The van der Waals surface area contributed by atoms with Crippen molar-refractivity contribution < 1.29 is 17.7 Å². The average molecular weight is 344 g/mol. The molecule has 3 heterocycles. The molecule has 0 N–H and O–H groups in total. The third-order valence-corrected chi connectivity index (χ3v) is 7.13. The zero-order valence-electron chi connectivity index (χ0n) is 14.3. The number of aryl methyl sites for hydroxylation is 1. The second kappa shape index (κ2) is 5.06. The van der Waals surface area contributed by atoms with Gasteiger partial charge in [-0.3, -0.25) is 0 Å². The molecular formula is C19H22NO3S+. The van der Waals surface area contributed by atoms with Gasteiger partial charge < -0.3 is 4.74 Å². The molecule has 24 heavy (non-hydrogen) atoms. The summed E-state index contributed by atoms with van der Waals surface area (Å²) in [6.45, 7) is 7.41. The van der Waals surface area contributed by atoms with Crippen molar-refractivity contribution in [3.05, 3.63) is 41.6 Å². The summed E-state index contributed by atoms with van der Waals surface area (Å²) in [6, 6.07) is 7.97. The van der Waals surface area contributed by atoms with E-state index >= 15 is 0 Å². The Morgan fingerprint density at radius 2 is 2.00 bits per heavy atom. The molecule has 0 spiro atoms. The minimum Gasteiger partial charge on any atom is -0.476 e. The van der Waals surface area contributed by atoms with E-state index in [9.17, 15) is 8.42 Å². The van der Waals surface area contributed by atoms with Crippen LogP contribution in [0.5, 0.6) is 5.75 Å². The second-order valence-corrected chi connectivity index (χ2v) is 8.78. The first kappa shape index (κ1) is 15.6. The van der Waals surface area contributed by atoms with Crippen LogP contribution in [0.1, 0.15) is 37.8 Å². The van der Waals surface area contributed by atoms with Crippen molar-refractivity contribution in [1.29, 1.82) is 0 Å². The maximum Gasteiger partial charge on any atom is 0.216 e. The summed E-state index contributed by atoms with van der Waals surface area (Å²) in [5, 5.41) is 0. The number of rotatable bonds is 2. The number of aromatic nitrogens is 1. The number of ether oxygens (including phenoxy) is 1. The van der Waals surface area contributed by atoms with Crippen LogP contribution >= 0.6 is 0 Å². The molecule has 4 rings (SSSR count). The molecule has 0 bridgehead atoms. The topological polar surface area (TPSA) is 47.2 Å². The van der Waals surface area contributed by atoms with E-state index in [1.54, 1.807) is 0 Å². The number of benzene rings is 1. The number of fused-ring (bicyclic) bond motifs is 4. The van der Waals surface area contributed by atoms with Gasteiger partial charge in [0.1, 0.15) is 10.6 Å². The molecule has 0 amide bonds. The Balaban J connectivity index is 2.10. The first-order chi connectivity index (χ1) is 11.4. The third kappa shape index (κ3) is 1.97. The number of hydrogen-bond acceptors (Lipinski definition) is 3. The van der Waals surface area contributed by atoms with Crippen LogP contribution in [0.3, 0.4) is 0 Å². The molecular weight excluding hydrogens is 322 g/mol. The summed E-state index contributed by atoms with van der Waals surface area (Å²) >= 11 is 0. The van der Waals surface area contributed by atoms with Crippen LogP contribution in [-0.2, 0) is 21.8 Å². The predicted octanol–water partition coefficient (Wildman–Crippen LogP) is 3.14. The van der Waals surface area contributed by atoms with Crippen molar-refractivity contribution in [2.75, 3.05) is 5.94 Å². The molecule has 0 unspecified atom stereocenters. The van der Waals surface area contributed by atoms with Crippen molar-refractivity contribution >= 4 is 9.84 Å². The molecule has 0 fully saturated rings. The van der Waals surface area contributed by atoms with Crippen LogP contribution in [-0.4, -0.2) is 14.4 Å². The van der Waals surface area contributed by atoms with Gasteiger partial charge in [-0.15, -0.1) is 0 Å². The van der Waals surface area contributed by atoms with Crippen LogP contribution in [0.15, 0.2) is 35.4 Å². The van der Waals surface area contributed by atoms with E-state index in [4.69, 9.17) is 4.74 Å². The van der Waals surface area contributed by atoms with Gasteiger partial charge in [0.15, 0.2) is 18.7 Å². The number of hydrogen-bond donors (Lipinski definition) is 0. The second-order valence-electron chi connectivity index (χ2n) is 6.88. The van der Waals surface area contributed by atoms with Crippen molar-refractivity contribution in [2.45, 2.75) is 50.5 Å². The van der Waals surface area contributed by atoms with E-state index in [2.05, 4.69) is 43.7 Å². The Hall–Kier alpha value is -1.88. The van der Waals surface area contributed by atoms with Gasteiger partial charge in [-0.2, -0.15) is 4.57 Å².